The van der Waals surface area contributed by atoms with Crippen molar-refractivity contribution in [1.29, 1.82) is 0 Å². The van der Waals surface area contributed by atoms with Crippen molar-refractivity contribution in [3.05, 3.63) is 56.8 Å². The molecular weight excluding hydrogens is 348 g/mol. The van der Waals surface area contributed by atoms with E-state index in [1.807, 2.05) is 20.2 Å². The molecule has 0 saturated heterocycles. The summed E-state index contributed by atoms with van der Waals surface area (Å²) in [6.07, 6.45) is 3.31. The van der Waals surface area contributed by atoms with Gasteiger partial charge in [0.05, 0.1) is 13.1 Å². The molecule has 0 aliphatic rings. The van der Waals surface area contributed by atoms with Gasteiger partial charge in [-0.05, 0) is 25.7 Å². The van der Waals surface area contributed by atoms with E-state index in [1.165, 1.54) is 11.6 Å². The second-order valence-corrected chi connectivity index (χ2v) is 6.47. The van der Waals surface area contributed by atoms with Crippen LogP contribution in [0.25, 0.3) is 11.2 Å². The van der Waals surface area contributed by atoms with E-state index in [9.17, 15) is 9.59 Å². The SMILES string of the molecule is CN(C)CCNCc1nnc2c(n1)c(=O)n(C)c(=O)n2Cc1cccnc1. The molecule has 10 nitrogen and oxygen atoms in total. The minimum Gasteiger partial charge on any atom is -0.308 e. The topological polar surface area (TPSA) is 111 Å². The van der Waals surface area contributed by atoms with Gasteiger partial charge in [-0.1, -0.05) is 6.07 Å². The lowest BCUT2D eigenvalue weighted by Gasteiger charge is -2.11. The Labute approximate surface area is 155 Å². The van der Waals surface area contributed by atoms with E-state index in [0.717, 1.165) is 23.2 Å². The summed E-state index contributed by atoms with van der Waals surface area (Å²) in [4.78, 5) is 35.5. The van der Waals surface area contributed by atoms with Gasteiger partial charge in [0.25, 0.3) is 5.56 Å². The predicted octanol–water partition coefficient (Wildman–Crippen LogP) is -1.02. The molecule has 0 saturated carbocycles. The summed E-state index contributed by atoms with van der Waals surface area (Å²) in [6.45, 7) is 2.25. The van der Waals surface area contributed by atoms with Crippen molar-refractivity contribution < 1.29 is 0 Å². The summed E-state index contributed by atoms with van der Waals surface area (Å²) in [5.41, 5.74) is 0.159. The van der Waals surface area contributed by atoms with Gasteiger partial charge in [-0.25, -0.2) is 9.78 Å². The molecule has 3 aromatic heterocycles. The molecule has 0 aliphatic carbocycles. The second kappa shape index (κ2) is 8.14. The largest absolute Gasteiger partial charge is 0.332 e. The highest BCUT2D eigenvalue weighted by Crippen LogP contribution is 2.05. The second-order valence-electron chi connectivity index (χ2n) is 6.47. The predicted molar refractivity (Wildman–Crippen MR) is 100 cm³/mol. The van der Waals surface area contributed by atoms with Crippen LogP contribution < -0.4 is 16.6 Å². The van der Waals surface area contributed by atoms with Gasteiger partial charge in [-0.15, -0.1) is 10.2 Å². The van der Waals surface area contributed by atoms with Gasteiger partial charge in [0, 0.05) is 32.5 Å². The van der Waals surface area contributed by atoms with Crippen molar-refractivity contribution in [2.45, 2.75) is 13.1 Å². The number of nitrogens with zero attached hydrogens (tertiary/aromatic N) is 7. The van der Waals surface area contributed by atoms with Gasteiger partial charge >= 0.3 is 5.69 Å². The van der Waals surface area contributed by atoms with Crippen LogP contribution >= 0.6 is 0 Å². The van der Waals surface area contributed by atoms with Crippen molar-refractivity contribution in [3.63, 3.8) is 0 Å². The molecule has 0 unspecified atom stereocenters. The molecule has 0 aromatic carbocycles. The number of rotatable bonds is 7. The van der Waals surface area contributed by atoms with Crippen LogP contribution in [-0.2, 0) is 20.1 Å². The molecule has 3 rings (SSSR count). The zero-order valence-corrected chi connectivity index (χ0v) is 15.6. The molecule has 0 spiro atoms. The summed E-state index contributed by atoms with van der Waals surface area (Å²) < 4.78 is 2.42. The van der Waals surface area contributed by atoms with E-state index >= 15 is 0 Å². The minimum absolute atomic E-state index is 0.125. The summed E-state index contributed by atoms with van der Waals surface area (Å²) >= 11 is 0. The summed E-state index contributed by atoms with van der Waals surface area (Å²) in [7, 11) is 5.41. The van der Waals surface area contributed by atoms with Crippen molar-refractivity contribution in [2.75, 3.05) is 27.2 Å². The highest BCUT2D eigenvalue weighted by Gasteiger charge is 2.15. The molecule has 0 aliphatic heterocycles. The Morgan fingerprint density at radius 2 is 2.04 bits per heavy atom. The molecule has 0 bridgehead atoms. The Hall–Kier alpha value is -2.98. The third-order valence-corrected chi connectivity index (χ3v) is 4.08. The summed E-state index contributed by atoms with van der Waals surface area (Å²) in [6, 6.07) is 3.63. The number of hydrogen-bond donors (Lipinski definition) is 1. The fraction of sp³-hybridized carbons (Fsp3) is 0.412. The molecule has 0 amide bonds. The van der Waals surface area contributed by atoms with Gasteiger partial charge in [-0.3, -0.25) is 18.9 Å². The van der Waals surface area contributed by atoms with E-state index < -0.39 is 11.2 Å². The standard InChI is InChI=1S/C17H22N8O2/c1-23(2)8-7-19-10-13-20-14-15(22-21-13)25(17(27)24(3)16(14)26)11-12-5-4-6-18-9-12/h4-6,9,19H,7-8,10-11H2,1-3H3. The highest BCUT2D eigenvalue weighted by atomic mass is 16.2. The normalized spacial score (nSPS) is 11.4. The van der Waals surface area contributed by atoms with Crippen molar-refractivity contribution >= 4 is 11.2 Å². The number of fused-ring (bicyclic) bond motifs is 1. The average Bonchev–Trinajstić information content (AvgIpc) is 2.67. The maximum atomic E-state index is 12.6. The molecule has 10 heteroatoms. The minimum atomic E-state index is -0.484. The molecule has 0 atom stereocenters. The number of hydrogen-bond acceptors (Lipinski definition) is 8. The Bertz CT molecular complexity index is 1040. The van der Waals surface area contributed by atoms with E-state index in [4.69, 9.17) is 0 Å². The Morgan fingerprint density at radius 3 is 2.74 bits per heavy atom. The molecule has 0 radical (unpaired) electrons. The van der Waals surface area contributed by atoms with E-state index in [0.29, 0.717) is 12.4 Å². The van der Waals surface area contributed by atoms with Gasteiger partial charge in [0.1, 0.15) is 0 Å². The number of nitrogens with one attached hydrogen (secondary N) is 1. The van der Waals surface area contributed by atoms with Crippen LogP contribution in [0.1, 0.15) is 11.4 Å². The van der Waals surface area contributed by atoms with Gasteiger partial charge in [-0.2, -0.15) is 0 Å². The van der Waals surface area contributed by atoms with Crippen molar-refractivity contribution in [3.8, 4) is 0 Å². The maximum absolute atomic E-state index is 12.6. The third-order valence-electron chi connectivity index (χ3n) is 4.08. The average molecular weight is 370 g/mol. The monoisotopic (exact) mass is 370 g/mol. The van der Waals surface area contributed by atoms with Crippen LogP contribution in [0.4, 0.5) is 0 Å². The fourth-order valence-corrected chi connectivity index (χ4v) is 2.59. The van der Waals surface area contributed by atoms with Crippen LogP contribution in [0, 0.1) is 0 Å². The van der Waals surface area contributed by atoms with Crippen molar-refractivity contribution in [2.24, 2.45) is 7.05 Å². The highest BCUT2D eigenvalue weighted by molar-refractivity contribution is 5.68. The van der Waals surface area contributed by atoms with E-state index in [-0.39, 0.29) is 17.7 Å². The Balaban J connectivity index is 1.97. The van der Waals surface area contributed by atoms with Crippen LogP contribution in [0.5, 0.6) is 0 Å². The zero-order chi connectivity index (χ0) is 19.4. The lowest BCUT2D eigenvalue weighted by atomic mass is 10.3. The molecule has 1 N–H and O–H groups in total. The zero-order valence-electron chi connectivity index (χ0n) is 15.6. The first-order valence-corrected chi connectivity index (χ1v) is 8.55. The number of aromatic nitrogens is 6. The van der Waals surface area contributed by atoms with Gasteiger partial charge < -0.3 is 10.2 Å². The number of pyridine rings is 1. The summed E-state index contributed by atoms with van der Waals surface area (Å²) in [5.74, 6) is 0.407. The third kappa shape index (κ3) is 4.23. The number of likely N-dealkylation sites (N-methyl/N-ethyl adjacent to an activating group) is 1. The molecule has 3 heterocycles. The lowest BCUT2D eigenvalue weighted by Crippen LogP contribution is -2.39. The van der Waals surface area contributed by atoms with Crippen LogP contribution in [0.15, 0.2) is 34.1 Å². The lowest BCUT2D eigenvalue weighted by molar-refractivity contribution is 0.398. The first-order valence-electron chi connectivity index (χ1n) is 8.55. The molecule has 3 aromatic rings. The van der Waals surface area contributed by atoms with Gasteiger partial charge in [0.2, 0.25) is 0 Å². The maximum Gasteiger partial charge on any atom is 0.332 e. The summed E-state index contributed by atoms with van der Waals surface area (Å²) in [5, 5.41) is 11.4. The molecule has 27 heavy (non-hydrogen) atoms. The van der Waals surface area contributed by atoms with Crippen LogP contribution in [0.2, 0.25) is 0 Å². The quantitative estimate of drug-likeness (QED) is 0.526. The van der Waals surface area contributed by atoms with Gasteiger partial charge in [0.15, 0.2) is 17.0 Å². The van der Waals surface area contributed by atoms with E-state index in [2.05, 4.69) is 30.4 Å². The smallest absolute Gasteiger partial charge is 0.308 e. The van der Waals surface area contributed by atoms with Crippen LogP contribution in [0.3, 0.4) is 0 Å². The first-order chi connectivity index (χ1) is 13.0. The molecule has 142 valence electrons. The van der Waals surface area contributed by atoms with Crippen LogP contribution in [-0.4, -0.2) is 61.4 Å². The Morgan fingerprint density at radius 1 is 1.22 bits per heavy atom. The van der Waals surface area contributed by atoms with E-state index in [1.54, 1.807) is 18.5 Å². The Kier molecular flexibility index (Phi) is 5.67. The molecule has 0 fully saturated rings. The van der Waals surface area contributed by atoms with Crippen molar-refractivity contribution in [1.82, 2.24) is 39.5 Å². The molecular formula is C17H22N8O2. The first kappa shape index (κ1) is 18.8. The fourth-order valence-electron chi connectivity index (χ4n) is 2.59.